The fourth-order valence-electron chi connectivity index (χ4n) is 2.99. The third kappa shape index (κ3) is 7.42. The number of pyridine rings is 1. The van der Waals surface area contributed by atoms with E-state index in [2.05, 4.69) is 25.6 Å². The van der Waals surface area contributed by atoms with Crippen molar-refractivity contribution in [2.24, 2.45) is 0 Å². The Morgan fingerprint density at radius 3 is 2.63 bits per heavy atom. The maximum Gasteiger partial charge on any atom is 0.407 e. The van der Waals surface area contributed by atoms with Crippen LogP contribution in [-0.4, -0.2) is 45.7 Å². The second-order valence-electron chi connectivity index (χ2n) is 8.67. The maximum atomic E-state index is 13.0. The molecule has 3 aromatic rings. The van der Waals surface area contributed by atoms with Crippen LogP contribution in [0.4, 0.5) is 10.6 Å². The lowest BCUT2D eigenvalue weighted by Gasteiger charge is -2.19. The standard InChI is InChI=1S/C24H30N6O5/c1-15-8-5-10-26-16(15)14-28-21(31)18-19(25)29-20(17-9-6-12-33-17)30-22(18)34-13-7-11-27-23(32)35-24(2,3)4/h5-6,8-10,12H,7,11,13-14H2,1-4H3,(H,27,32)(H,28,31)(H2,25,29,30). The van der Waals surface area contributed by atoms with E-state index in [4.69, 9.17) is 19.6 Å². The van der Waals surface area contributed by atoms with Crippen molar-refractivity contribution in [2.45, 2.75) is 46.3 Å². The lowest BCUT2D eigenvalue weighted by molar-refractivity contribution is 0.0525. The van der Waals surface area contributed by atoms with Crippen LogP contribution in [0.3, 0.4) is 0 Å². The first kappa shape index (κ1) is 25.5. The van der Waals surface area contributed by atoms with Crippen molar-refractivity contribution in [1.29, 1.82) is 0 Å². The number of rotatable bonds is 9. The van der Waals surface area contributed by atoms with Crippen LogP contribution in [0.5, 0.6) is 5.88 Å². The highest BCUT2D eigenvalue weighted by atomic mass is 16.6. The van der Waals surface area contributed by atoms with Gasteiger partial charge in [-0.3, -0.25) is 9.78 Å². The molecule has 0 saturated carbocycles. The van der Waals surface area contributed by atoms with Gasteiger partial charge in [0, 0.05) is 12.7 Å². The molecular weight excluding hydrogens is 452 g/mol. The number of carbonyl (C=O) groups excluding carboxylic acids is 2. The van der Waals surface area contributed by atoms with Gasteiger partial charge in [0.05, 0.1) is 25.1 Å². The number of carbonyl (C=O) groups is 2. The predicted octanol–water partition coefficient (Wildman–Crippen LogP) is 3.25. The van der Waals surface area contributed by atoms with Gasteiger partial charge in [-0.2, -0.15) is 4.98 Å². The second kappa shape index (κ2) is 11.3. The van der Waals surface area contributed by atoms with Gasteiger partial charge >= 0.3 is 6.09 Å². The monoisotopic (exact) mass is 482 g/mol. The number of hydrogen-bond donors (Lipinski definition) is 3. The highest BCUT2D eigenvalue weighted by Crippen LogP contribution is 2.26. The van der Waals surface area contributed by atoms with Gasteiger partial charge in [-0.05, 0) is 57.9 Å². The number of anilines is 1. The normalized spacial score (nSPS) is 11.1. The molecule has 0 aromatic carbocycles. The summed E-state index contributed by atoms with van der Waals surface area (Å²) in [6.07, 6.45) is 3.05. The summed E-state index contributed by atoms with van der Waals surface area (Å²) in [7, 11) is 0. The molecule has 0 aliphatic carbocycles. The maximum absolute atomic E-state index is 13.0. The van der Waals surface area contributed by atoms with Crippen LogP contribution in [0.15, 0.2) is 41.1 Å². The molecule has 11 nitrogen and oxygen atoms in total. The molecule has 0 aliphatic heterocycles. The number of nitrogens with zero attached hydrogens (tertiary/aromatic N) is 3. The zero-order valence-electron chi connectivity index (χ0n) is 20.3. The summed E-state index contributed by atoms with van der Waals surface area (Å²) in [5.74, 6) is 0.0241. The third-order valence-corrected chi connectivity index (χ3v) is 4.63. The minimum absolute atomic E-state index is 0.00833. The Kier molecular flexibility index (Phi) is 8.24. The molecule has 0 saturated heterocycles. The van der Waals surface area contributed by atoms with Crippen LogP contribution < -0.4 is 21.1 Å². The van der Waals surface area contributed by atoms with E-state index in [1.54, 1.807) is 39.1 Å². The van der Waals surface area contributed by atoms with Gasteiger partial charge in [-0.15, -0.1) is 0 Å². The zero-order chi connectivity index (χ0) is 25.4. The van der Waals surface area contributed by atoms with E-state index in [-0.39, 0.29) is 36.2 Å². The molecule has 2 amide bonds. The minimum Gasteiger partial charge on any atom is -0.477 e. The number of nitrogens with two attached hydrogens (primary N) is 1. The zero-order valence-corrected chi connectivity index (χ0v) is 20.3. The van der Waals surface area contributed by atoms with Crippen molar-refractivity contribution in [1.82, 2.24) is 25.6 Å². The molecule has 186 valence electrons. The molecule has 0 spiro atoms. The topological polar surface area (TPSA) is 154 Å². The highest BCUT2D eigenvalue weighted by molar-refractivity contribution is 6.00. The van der Waals surface area contributed by atoms with E-state index in [1.807, 2.05) is 19.1 Å². The number of amides is 2. The Bertz CT molecular complexity index is 1160. The van der Waals surface area contributed by atoms with Crippen molar-refractivity contribution >= 4 is 17.8 Å². The minimum atomic E-state index is -0.586. The number of ether oxygens (including phenoxy) is 2. The Morgan fingerprint density at radius 1 is 1.14 bits per heavy atom. The SMILES string of the molecule is Cc1cccnc1CNC(=O)c1c(N)nc(-c2ccco2)nc1OCCCNC(=O)OC(C)(C)C. The second-order valence-corrected chi connectivity index (χ2v) is 8.67. The molecule has 0 unspecified atom stereocenters. The molecule has 0 fully saturated rings. The average molecular weight is 483 g/mol. The van der Waals surface area contributed by atoms with E-state index < -0.39 is 17.6 Å². The van der Waals surface area contributed by atoms with Crippen LogP contribution in [0.1, 0.15) is 48.8 Å². The van der Waals surface area contributed by atoms with E-state index >= 15 is 0 Å². The lowest BCUT2D eigenvalue weighted by atomic mass is 10.2. The number of nitrogen functional groups attached to an aromatic ring is 1. The van der Waals surface area contributed by atoms with Gasteiger partial charge in [0.1, 0.15) is 17.0 Å². The highest BCUT2D eigenvalue weighted by Gasteiger charge is 2.23. The quantitative estimate of drug-likeness (QED) is 0.390. The number of furan rings is 1. The average Bonchev–Trinajstić information content (AvgIpc) is 3.32. The van der Waals surface area contributed by atoms with Crippen LogP contribution >= 0.6 is 0 Å². The number of aryl methyl sites for hydroxylation is 1. The van der Waals surface area contributed by atoms with E-state index in [1.165, 1.54) is 6.26 Å². The Labute approximate surface area is 203 Å². The van der Waals surface area contributed by atoms with Gasteiger partial charge in [-0.25, -0.2) is 9.78 Å². The first-order chi connectivity index (χ1) is 16.6. The van der Waals surface area contributed by atoms with E-state index in [9.17, 15) is 9.59 Å². The lowest BCUT2D eigenvalue weighted by Crippen LogP contribution is -2.33. The molecule has 35 heavy (non-hydrogen) atoms. The molecule has 0 aliphatic rings. The summed E-state index contributed by atoms with van der Waals surface area (Å²) in [5.41, 5.74) is 7.23. The number of hydrogen-bond acceptors (Lipinski definition) is 9. The molecule has 3 aromatic heterocycles. The van der Waals surface area contributed by atoms with Crippen molar-refractivity contribution in [3.63, 3.8) is 0 Å². The van der Waals surface area contributed by atoms with Gasteiger partial charge in [-0.1, -0.05) is 6.07 Å². The Morgan fingerprint density at radius 2 is 1.94 bits per heavy atom. The largest absolute Gasteiger partial charge is 0.477 e. The van der Waals surface area contributed by atoms with Crippen molar-refractivity contribution in [2.75, 3.05) is 18.9 Å². The molecule has 0 bridgehead atoms. The number of aromatic nitrogens is 3. The molecule has 3 heterocycles. The van der Waals surface area contributed by atoms with E-state index in [0.29, 0.717) is 18.7 Å². The summed E-state index contributed by atoms with van der Waals surface area (Å²) < 4.78 is 16.3. The Balaban J connectivity index is 1.70. The summed E-state index contributed by atoms with van der Waals surface area (Å²) in [6.45, 7) is 7.92. The fraction of sp³-hybridized carbons (Fsp3) is 0.375. The summed E-state index contributed by atoms with van der Waals surface area (Å²) in [5, 5.41) is 5.44. The fourth-order valence-corrected chi connectivity index (χ4v) is 2.99. The van der Waals surface area contributed by atoms with Crippen LogP contribution in [0, 0.1) is 6.92 Å². The predicted molar refractivity (Wildman–Crippen MR) is 129 cm³/mol. The molecule has 3 rings (SSSR count). The smallest absolute Gasteiger partial charge is 0.407 e. The number of alkyl carbamates (subject to hydrolysis) is 1. The molecular formula is C24H30N6O5. The van der Waals surface area contributed by atoms with Crippen LogP contribution in [0.25, 0.3) is 11.6 Å². The van der Waals surface area contributed by atoms with Crippen molar-refractivity contribution in [3.05, 3.63) is 53.5 Å². The van der Waals surface area contributed by atoms with E-state index in [0.717, 1.165) is 11.3 Å². The summed E-state index contributed by atoms with van der Waals surface area (Å²) >= 11 is 0. The van der Waals surface area contributed by atoms with Gasteiger partial charge in [0.2, 0.25) is 11.7 Å². The first-order valence-corrected chi connectivity index (χ1v) is 11.1. The first-order valence-electron chi connectivity index (χ1n) is 11.1. The summed E-state index contributed by atoms with van der Waals surface area (Å²) in [4.78, 5) is 37.6. The molecule has 4 N–H and O–H groups in total. The molecule has 0 atom stereocenters. The Hall–Kier alpha value is -4.15. The number of nitrogens with one attached hydrogen (secondary N) is 2. The third-order valence-electron chi connectivity index (χ3n) is 4.63. The van der Waals surface area contributed by atoms with Crippen molar-refractivity contribution in [3.8, 4) is 17.5 Å². The summed E-state index contributed by atoms with van der Waals surface area (Å²) in [6, 6.07) is 7.09. The van der Waals surface area contributed by atoms with Crippen LogP contribution in [-0.2, 0) is 11.3 Å². The molecule has 11 heteroatoms. The van der Waals surface area contributed by atoms with Gasteiger partial charge in [0.25, 0.3) is 5.91 Å². The molecule has 0 radical (unpaired) electrons. The van der Waals surface area contributed by atoms with Crippen LogP contribution in [0.2, 0.25) is 0 Å². The van der Waals surface area contributed by atoms with Gasteiger partial charge < -0.3 is 30.3 Å². The van der Waals surface area contributed by atoms with Gasteiger partial charge in [0.15, 0.2) is 5.76 Å². The van der Waals surface area contributed by atoms with Crippen molar-refractivity contribution < 1.29 is 23.5 Å².